The maximum Gasteiger partial charge on any atom is 0.317 e. The highest BCUT2D eigenvalue weighted by Crippen LogP contribution is 2.12. The van der Waals surface area contributed by atoms with E-state index in [1.54, 1.807) is 26.8 Å². The van der Waals surface area contributed by atoms with Gasteiger partial charge in [-0.05, 0) is 17.7 Å². The monoisotopic (exact) mass is 452 g/mol. The molecule has 0 atom stereocenters. The van der Waals surface area contributed by atoms with E-state index in [4.69, 9.17) is 0 Å². The van der Waals surface area contributed by atoms with Gasteiger partial charge >= 0.3 is 17.9 Å². The molecule has 1 aliphatic heterocycles. The summed E-state index contributed by atoms with van der Waals surface area (Å²) < 4.78 is 0. The molecule has 11 heteroatoms. The van der Waals surface area contributed by atoms with Gasteiger partial charge in [0.1, 0.15) is 5.75 Å². The minimum absolute atomic E-state index is 0.140. The van der Waals surface area contributed by atoms with E-state index in [2.05, 4.69) is 4.90 Å². The Morgan fingerprint density at radius 2 is 0.906 bits per heavy atom. The molecule has 0 radical (unpaired) electrons. The normalized spacial score (nSPS) is 18.5. The first kappa shape index (κ1) is 25.5. The third-order valence-corrected chi connectivity index (χ3v) is 5.35. The molecular weight excluding hydrogens is 420 g/mol. The summed E-state index contributed by atoms with van der Waals surface area (Å²) in [6.45, 7) is 3.73. The Hall–Kier alpha value is -2.73. The van der Waals surface area contributed by atoms with Gasteiger partial charge in [-0.1, -0.05) is 12.1 Å². The molecule has 178 valence electrons. The molecule has 1 heterocycles. The summed E-state index contributed by atoms with van der Waals surface area (Å²) in [5.41, 5.74) is 0.983. The number of hydrogen-bond acceptors (Lipinski definition) is 8. The van der Waals surface area contributed by atoms with E-state index in [1.165, 1.54) is 0 Å². The Balaban J connectivity index is 2.15. The third kappa shape index (κ3) is 10.1. The Labute approximate surface area is 187 Å². The lowest BCUT2D eigenvalue weighted by atomic mass is 10.2. The van der Waals surface area contributed by atoms with E-state index in [0.29, 0.717) is 58.9 Å². The average molecular weight is 453 g/mol. The van der Waals surface area contributed by atoms with Crippen molar-refractivity contribution >= 4 is 17.9 Å². The number of carboxylic acid groups (broad SMARTS) is 3. The summed E-state index contributed by atoms with van der Waals surface area (Å²) in [6, 6.07) is 6.85. The maximum absolute atomic E-state index is 11.3. The third-order valence-electron chi connectivity index (χ3n) is 5.35. The fourth-order valence-electron chi connectivity index (χ4n) is 3.64. The van der Waals surface area contributed by atoms with Gasteiger partial charge in [0.05, 0.1) is 19.6 Å². The fraction of sp³-hybridized carbons (Fsp3) is 0.571. The molecule has 1 fully saturated rings. The summed E-state index contributed by atoms with van der Waals surface area (Å²) >= 11 is 0. The number of hydrogen-bond donors (Lipinski definition) is 4. The summed E-state index contributed by atoms with van der Waals surface area (Å²) in [6.07, 6.45) is 0. The standard InChI is InChI=1S/C21H32N4O7/c26-18-3-1-17(2-4-18)13-22-5-7-23(14-19(27)28)9-11-25(16-21(31)32)12-10-24(8-6-22)15-20(29)30/h1-4,26H,5-16H2,(H,27,28)(H,29,30)(H,31,32). The Kier molecular flexibility index (Phi) is 10.3. The van der Waals surface area contributed by atoms with Gasteiger partial charge in [-0.25, -0.2) is 0 Å². The van der Waals surface area contributed by atoms with Crippen molar-refractivity contribution in [2.24, 2.45) is 0 Å². The van der Waals surface area contributed by atoms with E-state index in [9.17, 15) is 34.8 Å². The molecule has 0 saturated carbocycles. The number of nitrogens with zero attached hydrogens (tertiary/aromatic N) is 4. The second kappa shape index (κ2) is 13.0. The van der Waals surface area contributed by atoms with Crippen molar-refractivity contribution in [1.29, 1.82) is 0 Å². The molecule has 0 unspecified atom stereocenters. The van der Waals surface area contributed by atoms with Crippen LogP contribution in [-0.4, -0.2) is 130 Å². The van der Waals surface area contributed by atoms with Crippen molar-refractivity contribution in [2.75, 3.05) is 72.0 Å². The van der Waals surface area contributed by atoms with Crippen LogP contribution in [0.1, 0.15) is 5.56 Å². The predicted molar refractivity (Wildman–Crippen MR) is 116 cm³/mol. The van der Waals surface area contributed by atoms with Gasteiger partial charge in [-0.3, -0.25) is 34.0 Å². The first-order chi connectivity index (χ1) is 15.2. The number of aliphatic carboxylic acids is 3. The molecule has 1 aliphatic rings. The van der Waals surface area contributed by atoms with Crippen molar-refractivity contribution < 1.29 is 34.8 Å². The van der Waals surface area contributed by atoms with Crippen LogP contribution in [0.25, 0.3) is 0 Å². The minimum Gasteiger partial charge on any atom is -0.508 e. The number of phenols is 1. The van der Waals surface area contributed by atoms with Crippen LogP contribution in [0.4, 0.5) is 0 Å². The number of carbonyl (C=O) groups is 3. The molecule has 0 aliphatic carbocycles. The summed E-state index contributed by atoms with van der Waals surface area (Å²) in [5, 5.41) is 37.2. The molecule has 1 saturated heterocycles. The van der Waals surface area contributed by atoms with Gasteiger partial charge in [0.15, 0.2) is 0 Å². The molecule has 2 rings (SSSR count). The van der Waals surface area contributed by atoms with Crippen molar-refractivity contribution in [2.45, 2.75) is 6.54 Å². The Bertz CT molecular complexity index is 727. The fourth-order valence-corrected chi connectivity index (χ4v) is 3.64. The lowest BCUT2D eigenvalue weighted by Crippen LogP contribution is -2.48. The first-order valence-electron chi connectivity index (χ1n) is 10.5. The zero-order chi connectivity index (χ0) is 23.5. The Morgan fingerprint density at radius 1 is 0.594 bits per heavy atom. The van der Waals surface area contributed by atoms with E-state index >= 15 is 0 Å². The van der Waals surface area contributed by atoms with Crippen LogP contribution in [0.2, 0.25) is 0 Å². The number of benzene rings is 1. The van der Waals surface area contributed by atoms with E-state index in [1.807, 2.05) is 12.1 Å². The molecular formula is C21H32N4O7. The lowest BCUT2D eigenvalue weighted by molar-refractivity contribution is -0.140. The second-order valence-electron chi connectivity index (χ2n) is 7.95. The molecule has 11 nitrogen and oxygen atoms in total. The number of aromatic hydroxyl groups is 1. The van der Waals surface area contributed by atoms with Crippen molar-refractivity contribution in [3.63, 3.8) is 0 Å². The van der Waals surface area contributed by atoms with Gasteiger partial charge in [0.25, 0.3) is 0 Å². The van der Waals surface area contributed by atoms with Gasteiger partial charge in [0, 0.05) is 58.9 Å². The molecule has 0 amide bonds. The summed E-state index contributed by atoms with van der Waals surface area (Å²) in [5.74, 6) is -2.69. The van der Waals surface area contributed by atoms with Crippen LogP contribution in [0.5, 0.6) is 5.75 Å². The van der Waals surface area contributed by atoms with Crippen molar-refractivity contribution in [3.05, 3.63) is 29.8 Å². The molecule has 0 spiro atoms. The quantitative estimate of drug-likeness (QED) is 0.400. The van der Waals surface area contributed by atoms with Crippen LogP contribution < -0.4 is 0 Å². The van der Waals surface area contributed by atoms with Gasteiger partial charge in [-0.2, -0.15) is 0 Å². The highest BCUT2D eigenvalue weighted by molar-refractivity contribution is 5.69. The smallest absolute Gasteiger partial charge is 0.317 e. The molecule has 1 aromatic carbocycles. The largest absolute Gasteiger partial charge is 0.508 e. The zero-order valence-corrected chi connectivity index (χ0v) is 18.1. The predicted octanol–water partition coefficient (Wildman–Crippen LogP) is -0.632. The van der Waals surface area contributed by atoms with E-state index in [-0.39, 0.29) is 25.4 Å². The Morgan fingerprint density at radius 3 is 1.22 bits per heavy atom. The van der Waals surface area contributed by atoms with Crippen LogP contribution in [0.15, 0.2) is 24.3 Å². The average Bonchev–Trinajstić information content (AvgIpc) is 2.70. The van der Waals surface area contributed by atoms with E-state index < -0.39 is 17.9 Å². The zero-order valence-electron chi connectivity index (χ0n) is 18.1. The molecule has 1 aromatic rings. The topological polar surface area (TPSA) is 145 Å². The van der Waals surface area contributed by atoms with Gasteiger partial charge in [-0.15, -0.1) is 0 Å². The van der Waals surface area contributed by atoms with Crippen LogP contribution in [-0.2, 0) is 20.9 Å². The van der Waals surface area contributed by atoms with Crippen molar-refractivity contribution in [1.82, 2.24) is 19.6 Å². The number of rotatable bonds is 8. The highest BCUT2D eigenvalue weighted by atomic mass is 16.4. The van der Waals surface area contributed by atoms with Crippen molar-refractivity contribution in [3.8, 4) is 5.75 Å². The van der Waals surface area contributed by atoms with Crippen LogP contribution >= 0.6 is 0 Å². The lowest BCUT2D eigenvalue weighted by Gasteiger charge is -2.33. The first-order valence-corrected chi connectivity index (χ1v) is 10.5. The number of phenolic OH excluding ortho intramolecular Hbond substituents is 1. The molecule has 0 aromatic heterocycles. The van der Waals surface area contributed by atoms with E-state index in [0.717, 1.165) is 5.56 Å². The van der Waals surface area contributed by atoms with Crippen LogP contribution in [0.3, 0.4) is 0 Å². The molecule has 32 heavy (non-hydrogen) atoms. The minimum atomic E-state index is -0.980. The second-order valence-corrected chi connectivity index (χ2v) is 7.95. The summed E-state index contributed by atoms with van der Waals surface area (Å²) in [4.78, 5) is 41.2. The highest BCUT2D eigenvalue weighted by Gasteiger charge is 2.20. The van der Waals surface area contributed by atoms with Gasteiger partial charge in [0.2, 0.25) is 0 Å². The maximum atomic E-state index is 11.3. The molecule has 0 bridgehead atoms. The number of carboxylic acids is 3. The van der Waals surface area contributed by atoms with Crippen LogP contribution in [0, 0.1) is 0 Å². The SMILES string of the molecule is O=C(O)CN1CCN(CC(=O)O)CCN(Cc2ccc(O)cc2)CCN(CC(=O)O)CC1. The van der Waals surface area contributed by atoms with Gasteiger partial charge < -0.3 is 20.4 Å². The summed E-state index contributed by atoms with van der Waals surface area (Å²) in [7, 11) is 0. The molecule has 4 N–H and O–H groups in total.